The standard InChI is InChI=1S/C30H39BrN2O5S/c1-4-7-11-15-32(14-5-2)28(36)26-30-18-22(31)25(39-30)23(29(37)38-16-6-3)24(30)27(35)33(26)21(19-34)17-20-12-9-8-10-13-20/h5-6,8-10,12-13,21-26,34H,2-4,7,11,14-19H2,1H3/t21-,22?,23+,24+,25+,26?,30?/m1/s1. The number of carbonyl (C=O) groups is 3. The summed E-state index contributed by atoms with van der Waals surface area (Å²) >= 11 is 5.36. The van der Waals surface area contributed by atoms with Crippen LogP contribution in [-0.2, 0) is 25.5 Å². The molecular formula is C30H39BrN2O5S. The van der Waals surface area contributed by atoms with Gasteiger partial charge in [-0.1, -0.05) is 84.8 Å². The van der Waals surface area contributed by atoms with E-state index >= 15 is 0 Å². The van der Waals surface area contributed by atoms with E-state index in [2.05, 4.69) is 36.0 Å². The minimum absolute atomic E-state index is 0.0438. The number of esters is 1. The number of halogens is 1. The van der Waals surface area contributed by atoms with E-state index in [4.69, 9.17) is 4.74 Å². The first kappa shape index (κ1) is 29.9. The highest BCUT2D eigenvalue weighted by Crippen LogP contribution is 2.68. The predicted octanol–water partition coefficient (Wildman–Crippen LogP) is 3.99. The van der Waals surface area contributed by atoms with Crippen molar-refractivity contribution in [2.75, 3.05) is 26.3 Å². The Morgan fingerprint density at radius 3 is 2.67 bits per heavy atom. The number of hydrogen-bond acceptors (Lipinski definition) is 6. The van der Waals surface area contributed by atoms with E-state index in [1.54, 1.807) is 27.6 Å². The molecule has 1 aromatic carbocycles. The van der Waals surface area contributed by atoms with Crippen LogP contribution in [0.15, 0.2) is 55.6 Å². The van der Waals surface area contributed by atoms with Gasteiger partial charge in [-0.05, 0) is 24.8 Å². The first-order chi connectivity index (χ1) is 18.8. The smallest absolute Gasteiger partial charge is 0.311 e. The van der Waals surface area contributed by atoms with Gasteiger partial charge in [-0.25, -0.2) is 0 Å². The number of benzene rings is 1. The number of aliphatic hydroxyl groups excluding tert-OH is 1. The van der Waals surface area contributed by atoms with Crippen LogP contribution >= 0.6 is 27.7 Å². The van der Waals surface area contributed by atoms with Gasteiger partial charge in [0.05, 0.1) is 29.2 Å². The number of hydrogen-bond donors (Lipinski definition) is 1. The molecule has 3 fully saturated rings. The second kappa shape index (κ2) is 13.0. The quantitative estimate of drug-likeness (QED) is 0.147. The number of aliphatic hydroxyl groups is 1. The number of likely N-dealkylation sites (tertiary alicyclic amines) is 1. The lowest BCUT2D eigenvalue weighted by molar-refractivity contribution is -0.153. The topological polar surface area (TPSA) is 87.1 Å². The molecule has 1 spiro atoms. The lowest BCUT2D eigenvalue weighted by atomic mass is 9.71. The fraction of sp³-hybridized carbons (Fsp3) is 0.567. The molecule has 3 saturated heterocycles. The molecular weight excluding hydrogens is 580 g/mol. The van der Waals surface area contributed by atoms with Crippen molar-refractivity contribution >= 4 is 45.5 Å². The van der Waals surface area contributed by atoms with Crippen LogP contribution in [0.2, 0.25) is 0 Å². The maximum atomic E-state index is 14.5. The van der Waals surface area contributed by atoms with Crippen LogP contribution in [-0.4, -0.2) is 85.9 Å². The SMILES string of the molecule is C=CCOC(=O)[C@H]1[C@H]2C(=O)N([C@@H](CO)Cc3ccccc3)C(C(=O)N(CC=C)CCCCC)C23CC(Br)[C@@H]1S3. The summed E-state index contributed by atoms with van der Waals surface area (Å²) in [7, 11) is 0. The molecule has 7 atom stereocenters. The highest BCUT2D eigenvalue weighted by molar-refractivity contribution is 9.09. The molecule has 0 aliphatic carbocycles. The molecule has 2 amide bonds. The number of nitrogens with zero attached hydrogens (tertiary/aromatic N) is 2. The van der Waals surface area contributed by atoms with E-state index < -0.39 is 34.6 Å². The number of amides is 2. The van der Waals surface area contributed by atoms with Crippen molar-refractivity contribution in [3.63, 3.8) is 0 Å². The monoisotopic (exact) mass is 618 g/mol. The third-order valence-corrected chi connectivity index (χ3v) is 11.4. The van der Waals surface area contributed by atoms with Gasteiger partial charge in [-0.15, -0.1) is 18.3 Å². The molecule has 9 heteroatoms. The van der Waals surface area contributed by atoms with Gasteiger partial charge >= 0.3 is 5.97 Å². The number of alkyl halides is 1. The van der Waals surface area contributed by atoms with Gasteiger partial charge in [0, 0.05) is 23.2 Å². The van der Waals surface area contributed by atoms with Crippen molar-refractivity contribution < 1.29 is 24.2 Å². The summed E-state index contributed by atoms with van der Waals surface area (Å²) in [6, 6.07) is 8.27. The van der Waals surface area contributed by atoms with Crippen LogP contribution in [0.5, 0.6) is 0 Å². The number of fused-ring (bicyclic) bond motifs is 1. The molecule has 4 rings (SSSR count). The zero-order valence-corrected chi connectivity index (χ0v) is 24.9. The highest BCUT2D eigenvalue weighted by Gasteiger charge is 2.76. The van der Waals surface area contributed by atoms with Crippen molar-refractivity contribution in [2.24, 2.45) is 11.8 Å². The van der Waals surface area contributed by atoms with Crippen molar-refractivity contribution in [3.05, 3.63) is 61.2 Å². The third kappa shape index (κ3) is 5.59. The lowest BCUT2D eigenvalue weighted by Gasteiger charge is -2.40. The molecule has 0 saturated carbocycles. The Labute approximate surface area is 244 Å². The highest BCUT2D eigenvalue weighted by atomic mass is 79.9. The largest absolute Gasteiger partial charge is 0.461 e. The van der Waals surface area contributed by atoms with Crippen LogP contribution < -0.4 is 0 Å². The zero-order valence-electron chi connectivity index (χ0n) is 22.5. The summed E-state index contributed by atoms with van der Waals surface area (Å²) in [6.07, 6.45) is 7.09. The molecule has 0 radical (unpaired) electrons. The normalized spacial score (nSPS) is 29.7. The van der Waals surface area contributed by atoms with E-state index in [9.17, 15) is 19.5 Å². The van der Waals surface area contributed by atoms with Crippen LogP contribution in [0, 0.1) is 11.8 Å². The molecule has 2 bridgehead atoms. The van der Waals surface area contributed by atoms with Crippen molar-refractivity contribution in [3.8, 4) is 0 Å². The summed E-state index contributed by atoms with van der Waals surface area (Å²) in [5, 5.41) is 10.4. The van der Waals surface area contributed by atoms with Gasteiger partial charge in [0.2, 0.25) is 11.8 Å². The van der Waals surface area contributed by atoms with E-state index in [1.807, 2.05) is 30.3 Å². The minimum Gasteiger partial charge on any atom is -0.461 e. The Kier molecular flexibility index (Phi) is 9.99. The summed E-state index contributed by atoms with van der Waals surface area (Å²) in [4.78, 5) is 45.6. The van der Waals surface area contributed by atoms with E-state index in [0.717, 1.165) is 24.8 Å². The molecule has 0 aromatic heterocycles. The Morgan fingerprint density at radius 2 is 2.03 bits per heavy atom. The summed E-state index contributed by atoms with van der Waals surface area (Å²) < 4.78 is 4.68. The van der Waals surface area contributed by atoms with Crippen LogP contribution in [0.4, 0.5) is 0 Å². The van der Waals surface area contributed by atoms with Crippen molar-refractivity contribution in [1.82, 2.24) is 9.80 Å². The first-order valence-corrected chi connectivity index (χ1v) is 15.6. The summed E-state index contributed by atoms with van der Waals surface area (Å²) in [5.41, 5.74) is 0.966. The van der Waals surface area contributed by atoms with Gasteiger partial charge in [0.15, 0.2) is 0 Å². The van der Waals surface area contributed by atoms with Gasteiger partial charge in [-0.3, -0.25) is 14.4 Å². The number of unbranched alkanes of at least 4 members (excludes halogenated alkanes) is 2. The van der Waals surface area contributed by atoms with Crippen molar-refractivity contribution in [2.45, 2.75) is 65.9 Å². The van der Waals surface area contributed by atoms with Crippen LogP contribution in [0.3, 0.4) is 0 Å². The Hall–Kier alpha value is -2.10. The lowest BCUT2D eigenvalue weighted by Crippen LogP contribution is -2.58. The zero-order chi connectivity index (χ0) is 28.2. The Bertz CT molecular complexity index is 1070. The predicted molar refractivity (Wildman–Crippen MR) is 158 cm³/mol. The van der Waals surface area contributed by atoms with Crippen LogP contribution in [0.1, 0.15) is 38.2 Å². The van der Waals surface area contributed by atoms with Gasteiger partial charge in [0.25, 0.3) is 0 Å². The molecule has 3 unspecified atom stereocenters. The third-order valence-electron chi connectivity index (χ3n) is 8.19. The number of ether oxygens (including phenoxy) is 1. The fourth-order valence-corrected chi connectivity index (χ4v) is 10.1. The maximum absolute atomic E-state index is 14.5. The second-order valence-corrected chi connectivity index (χ2v) is 13.4. The Balaban J connectivity index is 1.77. The fourth-order valence-electron chi connectivity index (χ4n) is 6.56. The molecule has 3 heterocycles. The van der Waals surface area contributed by atoms with E-state index in [-0.39, 0.29) is 35.1 Å². The summed E-state index contributed by atoms with van der Waals surface area (Å²) in [5.74, 6) is -2.19. The van der Waals surface area contributed by atoms with Gasteiger partial charge in [0.1, 0.15) is 12.6 Å². The number of thioether (sulfide) groups is 1. The minimum atomic E-state index is -0.801. The molecule has 3 aliphatic rings. The molecule has 3 aliphatic heterocycles. The first-order valence-electron chi connectivity index (χ1n) is 13.8. The van der Waals surface area contributed by atoms with Crippen molar-refractivity contribution in [1.29, 1.82) is 0 Å². The number of carbonyl (C=O) groups excluding carboxylic acids is 3. The molecule has 1 N–H and O–H groups in total. The summed E-state index contributed by atoms with van der Waals surface area (Å²) in [6.45, 7) is 10.3. The Morgan fingerprint density at radius 1 is 1.28 bits per heavy atom. The average Bonchev–Trinajstić information content (AvgIpc) is 3.53. The molecule has 1 aromatic rings. The second-order valence-electron chi connectivity index (χ2n) is 10.6. The molecule has 39 heavy (non-hydrogen) atoms. The average molecular weight is 620 g/mol. The number of rotatable bonds is 14. The van der Waals surface area contributed by atoms with Gasteiger partial charge < -0.3 is 19.6 Å². The van der Waals surface area contributed by atoms with E-state index in [0.29, 0.717) is 25.9 Å². The molecule has 212 valence electrons. The maximum Gasteiger partial charge on any atom is 0.311 e. The molecule has 7 nitrogen and oxygen atoms in total. The van der Waals surface area contributed by atoms with Crippen LogP contribution in [0.25, 0.3) is 0 Å². The van der Waals surface area contributed by atoms with E-state index in [1.165, 1.54) is 6.08 Å². The van der Waals surface area contributed by atoms with Gasteiger partial charge in [-0.2, -0.15) is 0 Å².